The van der Waals surface area contributed by atoms with Crippen molar-refractivity contribution in [2.75, 3.05) is 17.2 Å². The molecule has 0 aromatic heterocycles. The van der Waals surface area contributed by atoms with Gasteiger partial charge in [0.25, 0.3) is 11.8 Å². The van der Waals surface area contributed by atoms with Crippen molar-refractivity contribution in [2.45, 2.75) is 20.3 Å². The smallest absolute Gasteiger partial charge is 0.255 e. The molecule has 0 spiro atoms. The summed E-state index contributed by atoms with van der Waals surface area (Å²) < 4.78 is 5.60. The fraction of sp³-hybridized carbons (Fsp3) is 0.167. The van der Waals surface area contributed by atoms with Crippen molar-refractivity contribution in [3.8, 4) is 5.75 Å². The number of anilines is 2. The van der Waals surface area contributed by atoms with Crippen molar-refractivity contribution < 1.29 is 14.3 Å². The summed E-state index contributed by atoms with van der Waals surface area (Å²) >= 11 is 0. The highest BCUT2D eigenvalue weighted by Crippen LogP contribution is 2.25. The summed E-state index contributed by atoms with van der Waals surface area (Å²) in [5.74, 6) is 0.236. The van der Waals surface area contributed by atoms with Crippen LogP contribution >= 0.6 is 0 Å². The van der Waals surface area contributed by atoms with E-state index in [9.17, 15) is 9.59 Å². The first-order chi connectivity index (χ1) is 14.1. The maximum Gasteiger partial charge on any atom is 0.255 e. The third-order valence-electron chi connectivity index (χ3n) is 4.44. The second-order valence-electron chi connectivity index (χ2n) is 6.63. The van der Waals surface area contributed by atoms with Crippen LogP contribution in [0.25, 0.3) is 0 Å². The van der Waals surface area contributed by atoms with Crippen molar-refractivity contribution in [3.05, 3.63) is 89.5 Å². The Labute approximate surface area is 170 Å². The normalized spacial score (nSPS) is 10.3. The van der Waals surface area contributed by atoms with E-state index in [4.69, 9.17) is 4.74 Å². The largest absolute Gasteiger partial charge is 0.494 e. The van der Waals surface area contributed by atoms with Crippen molar-refractivity contribution in [1.82, 2.24) is 0 Å². The van der Waals surface area contributed by atoms with Gasteiger partial charge in [0.05, 0.1) is 6.61 Å². The zero-order chi connectivity index (χ0) is 20.6. The zero-order valence-corrected chi connectivity index (χ0v) is 16.6. The Balaban J connectivity index is 1.74. The predicted octanol–water partition coefficient (Wildman–Crippen LogP) is 5.29. The van der Waals surface area contributed by atoms with E-state index in [1.807, 2.05) is 50.2 Å². The minimum Gasteiger partial charge on any atom is -0.494 e. The second kappa shape index (κ2) is 9.55. The molecule has 2 amide bonds. The molecule has 0 saturated heterocycles. The lowest BCUT2D eigenvalue weighted by Gasteiger charge is -2.14. The molecular weight excluding hydrogens is 364 g/mol. The van der Waals surface area contributed by atoms with Gasteiger partial charge in [0.2, 0.25) is 0 Å². The molecule has 5 heteroatoms. The van der Waals surface area contributed by atoms with Gasteiger partial charge in [-0.3, -0.25) is 9.59 Å². The van der Waals surface area contributed by atoms with Gasteiger partial charge >= 0.3 is 0 Å². The molecule has 0 radical (unpaired) electrons. The van der Waals surface area contributed by atoms with E-state index < -0.39 is 0 Å². The maximum atomic E-state index is 12.7. The van der Waals surface area contributed by atoms with Crippen molar-refractivity contribution in [3.63, 3.8) is 0 Å². The molecule has 0 aliphatic heterocycles. The van der Waals surface area contributed by atoms with Crippen LogP contribution in [-0.2, 0) is 0 Å². The SMILES string of the molecule is CCCOc1cccc(C(=O)Nc2cccc(NC(=O)c3ccccc3)c2C)c1. The molecule has 3 rings (SSSR count). The molecule has 5 nitrogen and oxygen atoms in total. The van der Waals surface area contributed by atoms with E-state index in [0.717, 1.165) is 12.0 Å². The quantitative estimate of drug-likeness (QED) is 0.578. The number of rotatable bonds is 7. The highest BCUT2D eigenvalue weighted by Gasteiger charge is 2.13. The Bertz CT molecular complexity index is 1000. The lowest BCUT2D eigenvalue weighted by molar-refractivity contribution is 0.101. The lowest BCUT2D eigenvalue weighted by Crippen LogP contribution is -2.15. The minimum absolute atomic E-state index is 0.196. The van der Waals surface area contributed by atoms with Crippen LogP contribution in [0.15, 0.2) is 72.8 Å². The summed E-state index contributed by atoms with van der Waals surface area (Å²) in [6.45, 7) is 4.49. The number of hydrogen-bond acceptors (Lipinski definition) is 3. The number of carbonyl (C=O) groups excluding carboxylic acids is 2. The molecule has 0 fully saturated rings. The van der Waals surface area contributed by atoms with Crippen LogP contribution < -0.4 is 15.4 Å². The summed E-state index contributed by atoms with van der Waals surface area (Å²) in [5.41, 5.74) is 3.16. The summed E-state index contributed by atoms with van der Waals surface area (Å²) in [5, 5.41) is 5.82. The van der Waals surface area contributed by atoms with Gasteiger partial charge in [0.15, 0.2) is 0 Å². The fourth-order valence-corrected chi connectivity index (χ4v) is 2.83. The van der Waals surface area contributed by atoms with Crippen molar-refractivity contribution in [1.29, 1.82) is 0 Å². The average molecular weight is 388 g/mol. The Morgan fingerprint density at radius 1 is 0.793 bits per heavy atom. The molecule has 0 atom stereocenters. The third-order valence-corrected chi connectivity index (χ3v) is 4.44. The van der Waals surface area contributed by atoms with Crippen LogP contribution in [0.2, 0.25) is 0 Å². The number of hydrogen-bond donors (Lipinski definition) is 2. The number of nitrogens with one attached hydrogen (secondary N) is 2. The van der Waals surface area contributed by atoms with Gasteiger partial charge in [-0.25, -0.2) is 0 Å². The molecular formula is C24H24N2O3. The zero-order valence-electron chi connectivity index (χ0n) is 16.6. The molecule has 29 heavy (non-hydrogen) atoms. The van der Waals surface area contributed by atoms with E-state index >= 15 is 0 Å². The highest BCUT2D eigenvalue weighted by molar-refractivity contribution is 6.07. The van der Waals surface area contributed by atoms with Gasteiger partial charge in [0, 0.05) is 22.5 Å². The predicted molar refractivity (Wildman–Crippen MR) is 116 cm³/mol. The lowest BCUT2D eigenvalue weighted by atomic mass is 10.1. The van der Waals surface area contributed by atoms with Crippen molar-refractivity contribution in [2.24, 2.45) is 0 Å². The van der Waals surface area contributed by atoms with Crippen LogP contribution in [0.3, 0.4) is 0 Å². The number of ether oxygens (including phenoxy) is 1. The molecule has 0 aliphatic rings. The van der Waals surface area contributed by atoms with Gasteiger partial charge < -0.3 is 15.4 Å². The van der Waals surface area contributed by atoms with Gasteiger partial charge in [-0.1, -0.05) is 37.3 Å². The monoisotopic (exact) mass is 388 g/mol. The third kappa shape index (κ3) is 5.23. The Morgan fingerprint density at radius 2 is 1.38 bits per heavy atom. The van der Waals surface area contributed by atoms with E-state index in [1.54, 1.807) is 36.4 Å². The van der Waals surface area contributed by atoms with Crippen molar-refractivity contribution >= 4 is 23.2 Å². The highest BCUT2D eigenvalue weighted by atomic mass is 16.5. The summed E-state index contributed by atoms with van der Waals surface area (Å²) in [6.07, 6.45) is 0.900. The van der Waals surface area contributed by atoms with E-state index in [0.29, 0.717) is 34.9 Å². The molecule has 0 bridgehead atoms. The number of carbonyl (C=O) groups is 2. The average Bonchev–Trinajstić information content (AvgIpc) is 2.75. The first-order valence-electron chi connectivity index (χ1n) is 9.58. The molecule has 148 valence electrons. The standard InChI is InChI=1S/C24H24N2O3/c1-3-15-29-20-12-7-11-19(16-20)24(28)26-22-14-8-13-21(17(22)2)25-23(27)18-9-5-4-6-10-18/h4-14,16H,3,15H2,1-2H3,(H,25,27)(H,26,28). The second-order valence-corrected chi connectivity index (χ2v) is 6.63. The summed E-state index contributed by atoms with van der Waals surface area (Å²) in [4.78, 5) is 25.1. The van der Waals surface area contributed by atoms with Crippen LogP contribution in [0.4, 0.5) is 11.4 Å². The molecule has 3 aromatic rings. The van der Waals surface area contributed by atoms with Gasteiger partial charge in [-0.15, -0.1) is 0 Å². The Hall–Kier alpha value is -3.60. The van der Waals surface area contributed by atoms with E-state index in [2.05, 4.69) is 10.6 Å². The summed E-state index contributed by atoms with van der Waals surface area (Å²) in [6, 6.07) is 21.5. The first kappa shape index (κ1) is 20.1. The van der Waals surface area contributed by atoms with E-state index in [-0.39, 0.29) is 11.8 Å². The molecule has 2 N–H and O–H groups in total. The Kier molecular flexibility index (Phi) is 6.63. The van der Waals surface area contributed by atoms with E-state index in [1.165, 1.54) is 0 Å². The fourth-order valence-electron chi connectivity index (χ4n) is 2.83. The number of benzene rings is 3. The maximum absolute atomic E-state index is 12.7. The minimum atomic E-state index is -0.235. The Morgan fingerprint density at radius 3 is 2.03 bits per heavy atom. The molecule has 0 unspecified atom stereocenters. The van der Waals surface area contributed by atoms with Crippen LogP contribution in [0.5, 0.6) is 5.75 Å². The first-order valence-corrected chi connectivity index (χ1v) is 9.58. The summed E-state index contributed by atoms with van der Waals surface area (Å²) in [7, 11) is 0. The molecule has 0 aliphatic carbocycles. The van der Waals surface area contributed by atoms with Gasteiger partial charge in [0.1, 0.15) is 5.75 Å². The van der Waals surface area contributed by atoms with Gasteiger partial charge in [-0.2, -0.15) is 0 Å². The van der Waals surface area contributed by atoms with Gasteiger partial charge in [-0.05, 0) is 61.4 Å². The van der Waals surface area contributed by atoms with Crippen LogP contribution in [0.1, 0.15) is 39.6 Å². The molecule has 0 heterocycles. The van der Waals surface area contributed by atoms with Crippen LogP contribution in [0, 0.1) is 6.92 Å². The number of amides is 2. The molecule has 0 saturated carbocycles. The van der Waals surface area contributed by atoms with Crippen LogP contribution in [-0.4, -0.2) is 18.4 Å². The topological polar surface area (TPSA) is 67.4 Å². The molecule has 3 aromatic carbocycles.